The van der Waals surface area contributed by atoms with Gasteiger partial charge in [-0.25, -0.2) is 0 Å². The van der Waals surface area contributed by atoms with E-state index in [0.717, 1.165) is 12.8 Å². The lowest BCUT2D eigenvalue weighted by atomic mass is 10.1. The van der Waals surface area contributed by atoms with Gasteiger partial charge in [0.2, 0.25) is 0 Å². The van der Waals surface area contributed by atoms with Crippen LogP contribution in [0.4, 0.5) is 0 Å². The van der Waals surface area contributed by atoms with E-state index in [0.29, 0.717) is 0 Å². The summed E-state index contributed by atoms with van der Waals surface area (Å²) in [5.74, 6) is 0. The molecule has 0 aromatic rings. The molecule has 60 valence electrons. The molecule has 0 aromatic heterocycles. The molecule has 0 fully saturated rings. The second-order valence-electron chi connectivity index (χ2n) is 2.38. The summed E-state index contributed by atoms with van der Waals surface area (Å²) in [6, 6.07) is 0. The highest BCUT2D eigenvalue weighted by Crippen LogP contribution is 2.14. The Kier molecular flexibility index (Phi) is 6.03. The van der Waals surface area contributed by atoms with E-state index in [9.17, 15) is 5.11 Å². The molecule has 2 heteroatoms. The molecule has 0 spiro atoms. The molecule has 1 nitrogen and oxygen atoms in total. The maximum Gasteiger partial charge on any atom is 0.0843 e. The molecule has 0 heterocycles. The summed E-state index contributed by atoms with van der Waals surface area (Å²) < 4.78 is 0. The summed E-state index contributed by atoms with van der Waals surface area (Å²) in [4.78, 5) is 0.185. The van der Waals surface area contributed by atoms with Crippen molar-refractivity contribution in [2.75, 3.05) is 0 Å². The fourth-order valence-corrected chi connectivity index (χ4v) is 1.26. The van der Waals surface area contributed by atoms with Gasteiger partial charge < -0.3 is 5.11 Å². The van der Waals surface area contributed by atoms with E-state index < -0.39 is 6.10 Å². The summed E-state index contributed by atoms with van der Waals surface area (Å²) in [7, 11) is 0. The topological polar surface area (TPSA) is 20.2 Å². The van der Waals surface area contributed by atoms with Crippen LogP contribution in [0.3, 0.4) is 0 Å². The van der Waals surface area contributed by atoms with Gasteiger partial charge in [0.1, 0.15) is 0 Å². The number of alkyl halides is 1. The highest BCUT2D eigenvalue weighted by molar-refractivity contribution is 9.09. The van der Waals surface area contributed by atoms with Crippen LogP contribution in [0.15, 0.2) is 12.7 Å². The molecular weight excluding hydrogens is 192 g/mol. The number of aliphatic hydroxyl groups is 1. The smallest absolute Gasteiger partial charge is 0.0843 e. The normalized spacial score (nSPS) is 16.3. The van der Waals surface area contributed by atoms with Crippen molar-refractivity contribution in [2.45, 2.75) is 37.1 Å². The van der Waals surface area contributed by atoms with Gasteiger partial charge in [-0.05, 0) is 6.42 Å². The van der Waals surface area contributed by atoms with E-state index in [4.69, 9.17) is 0 Å². The molecule has 0 bridgehead atoms. The lowest BCUT2D eigenvalue weighted by molar-refractivity contribution is 0.217. The van der Waals surface area contributed by atoms with E-state index >= 15 is 0 Å². The number of aliphatic hydroxyl groups excluding tert-OH is 1. The Morgan fingerprint density at radius 1 is 1.70 bits per heavy atom. The molecule has 0 aromatic carbocycles. The molecule has 10 heavy (non-hydrogen) atoms. The predicted octanol–water partition coefficient (Wildman–Crippen LogP) is 2.49. The van der Waals surface area contributed by atoms with E-state index in [1.165, 1.54) is 6.42 Å². The summed E-state index contributed by atoms with van der Waals surface area (Å²) in [5, 5.41) is 9.19. The molecule has 0 rings (SSSR count). The van der Waals surface area contributed by atoms with Gasteiger partial charge in [-0.1, -0.05) is 41.8 Å². The number of hydrogen-bond donors (Lipinski definition) is 1. The molecule has 0 radical (unpaired) electrons. The van der Waals surface area contributed by atoms with Gasteiger partial charge in [-0.2, -0.15) is 0 Å². The third-order valence-corrected chi connectivity index (χ3v) is 2.45. The Morgan fingerprint density at radius 3 is 2.70 bits per heavy atom. The lowest BCUT2D eigenvalue weighted by Crippen LogP contribution is -2.16. The Labute approximate surface area is 71.3 Å². The van der Waals surface area contributed by atoms with Gasteiger partial charge in [-0.15, -0.1) is 6.58 Å². The third kappa shape index (κ3) is 4.07. The first-order valence-corrected chi connectivity index (χ1v) is 4.58. The predicted molar refractivity (Wildman–Crippen MR) is 48.4 cm³/mol. The highest BCUT2D eigenvalue weighted by Gasteiger charge is 2.10. The molecule has 0 aliphatic heterocycles. The standard InChI is InChI=1S/C8H15BrO/c1-3-5-6-7(9)8(10)4-2/h4,7-8,10H,2-3,5-6H2,1H3. The van der Waals surface area contributed by atoms with Crippen molar-refractivity contribution in [1.82, 2.24) is 0 Å². The van der Waals surface area contributed by atoms with Gasteiger partial charge in [0, 0.05) is 4.83 Å². The zero-order valence-electron chi connectivity index (χ0n) is 6.39. The van der Waals surface area contributed by atoms with Crippen molar-refractivity contribution in [1.29, 1.82) is 0 Å². The maximum absolute atomic E-state index is 9.19. The van der Waals surface area contributed by atoms with Crippen LogP contribution in [0.5, 0.6) is 0 Å². The summed E-state index contributed by atoms with van der Waals surface area (Å²) in [6.07, 6.45) is 4.51. The molecule has 0 amide bonds. The number of unbranched alkanes of at least 4 members (excludes halogenated alkanes) is 1. The fraction of sp³-hybridized carbons (Fsp3) is 0.750. The first-order chi connectivity index (χ1) is 4.72. The monoisotopic (exact) mass is 206 g/mol. The van der Waals surface area contributed by atoms with Crippen LogP contribution in [-0.4, -0.2) is 16.0 Å². The zero-order valence-corrected chi connectivity index (χ0v) is 7.97. The van der Waals surface area contributed by atoms with Crippen molar-refractivity contribution in [3.63, 3.8) is 0 Å². The minimum absolute atomic E-state index is 0.185. The van der Waals surface area contributed by atoms with Crippen molar-refractivity contribution >= 4 is 15.9 Å². The van der Waals surface area contributed by atoms with Crippen LogP contribution in [-0.2, 0) is 0 Å². The fourth-order valence-electron chi connectivity index (χ4n) is 0.718. The second kappa shape index (κ2) is 5.93. The summed E-state index contributed by atoms with van der Waals surface area (Å²) >= 11 is 3.38. The summed E-state index contributed by atoms with van der Waals surface area (Å²) in [5.41, 5.74) is 0. The Bertz CT molecular complexity index is 93.3. The zero-order chi connectivity index (χ0) is 7.98. The average Bonchev–Trinajstić information content (AvgIpc) is 1.98. The highest BCUT2D eigenvalue weighted by atomic mass is 79.9. The molecule has 0 aliphatic carbocycles. The molecule has 2 unspecified atom stereocenters. The van der Waals surface area contributed by atoms with Crippen molar-refractivity contribution in [2.24, 2.45) is 0 Å². The molecular formula is C8H15BrO. The van der Waals surface area contributed by atoms with Crippen LogP contribution in [0.2, 0.25) is 0 Å². The molecule has 0 saturated heterocycles. The minimum atomic E-state index is -0.397. The summed E-state index contributed by atoms with van der Waals surface area (Å²) in [6.45, 7) is 5.65. The van der Waals surface area contributed by atoms with E-state index in [2.05, 4.69) is 29.4 Å². The quantitative estimate of drug-likeness (QED) is 0.542. The van der Waals surface area contributed by atoms with Crippen molar-refractivity contribution in [3.8, 4) is 0 Å². The van der Waals surface area contributed by atoms with Crippen molar-refractivity contribution in [3.05, 3.63) is 12.7 Å². The van der Waals surface area contributed by atoms with Gasteiger partial charge in [0.15, 0.2) is 0 Å². The maximum atomic E-state index is 9.19. The van der Waals surface area contributed by atoms with E-state index in [-0.39, 0.29) is 4.83 Å². The largest absolute Gasteiger partial charge is 0.388 e. The first-order valence-electron chi connectivity index (χ1n) is 3.67. The van der Waals surface area contributed by atoms with Gasteiger partial charge in [-0.3, -0.25) is 0 Å². The minimum Gasteiger partial charge on any atom is -0.388 e. The van der Waals surface area contributed by atoms with Gasteiger partial charge in [0.25, 0.3) is 0 Å². The Morgan fingerprint density at radius 2 is 2.30 bits per heavy atom. The third-order valence-electron chi connectivity index (χ3n) is 1.45. The Hall–Kier alpha value is 0.180. The molecule has 1 N–H and O–H groups in total. The van der Waals surface area contributed by atoms with Crippen LogP contribution >= 0.6 is 15.9 Å². The van der Waals surface area contributed by atoms with Gasteiger partial charge >= 0.3 is 0 Å². The first kappa shape index (κ1) is 10.2. The van der Waals surface area contributed by atoms with Crippen LogP contribution in [0, 0.1) is 0 Å². The van der Waals surface area contributed by atoms with Gasteiger partial charge in [0.05, 0.1) is 6.10 Å². The second-order valence-corrected chi connectivity index (χ2v) is 3.56. The van der Waals surface area contributed by atoms with Crippen LogP contribution in [0.25, 0.3) is 0 Å². The van der Waals surface area contributed by atoms with E-state index in [1.807, 2.05) is 0 Å². The SMILES string of the molecule is C=CC(O)C(Br)CCCC. The van der Waals surface area contributed by atoms with Crippen LogP contribution in [0.1, 0.15) is 26.2 Å². The molecule has 0 aliphatic rings. The number of hydrogen-bond acceptors (Lipinski definition) is 1. The van der Waals surface area contributed by atoms with Crippen LogP contribution < -0.4 is 0 Å². The lowest BCUT2D eigenvalue weighted by Gasteiger charge is -2.11. The Balaban J connectivity index is 3.40. The molecule has 2 atom stereocenters. The average molecular weight is 207 g/mol. The van der Waals surface area contributed by atoms with Crippen molar-refractivity contribution < 1.29 is 5.11 Å². The van der Waals surface area contributed by atoms with E-state index in [1.54, 1.807) is 6.08 Å². The number of rotatable bonds is 5. The number of halogens is 1. The molecule has 0 saturated carbocycles.